The Bertz CT molecular complexity index is 1690. The van der Waals surface area contributed by atoms with E-state index in [1.165, 1.54) is 5.56 Å². The summed E-state index contributed by atoms with van der Waals surface area (Å²) >= 11 is 1.68. The first-order chi connectivity index (χ1) is 19.2. The summed E-state index contributed by atoms with van der Waals surface area (Å²) in [5, 5.41) is 14.5. The summed E-state index contributed by atoms with van der Waals surface area (Å²) in [6, 6.07) is 27.4. The maximum Gasteiger partial charge on any atom is 0.191 e. The van der Waals surface area contributed by atoms with E-state index in [1.54, 1.807) is 11.3 Å². The fourth-order valence-corrected chi connectivity index (χ4v) is 6.10. The molecule has 1 aliphatic rings. The molecule has 0 aliphatic carbocycles. The van der Waals surface area contributed by atoms with E-state index in [-0.39, 0.29) is 0 Å². The highest BCUT2D eigenvalue weighted by molar-refractivity contribution is 7.13. The van der Waals surface area contributed by atoms with Gasteiger partial charge in [-0.2, -0.15) is 10.2 Å². The topological polar surface area (TPSA) is 75.0 Å². The van der Waals surface area contributed by atoms with Crippen LogP contribution in [0, 0.1) is 6.92 Å². The van der Waals surface area contributed by atoms with Crippen LogP contribution < -0.4 is 0 Å². The van der Waals surface area contributed by atoms with E-state index < -0.39 is 0 Å². The number of nitrogens with zero attached hydrogens (tertiary/aromatic N) is 6. The van der Waals surface area contributed by atoms with Gasteiger partial charge in [-0.15, -0.1) is 11.3 Å². The molecule has 0 atom stereocenters. The minimum absolute atomic E-state index is 0.438. The van der Waals surface area contributed by atoms with Crippen molar-refractivity contribution in [2.45, 2.75) is 32.2 Å². The Hall–Kier alpha value is -4.14. The zero-order valence-corrected chi connectivity index (χ0v) is 22.6. The van der Waals surface area contributed by atoms with Gasteiger partial charge in [0.25, 0.3) is 0 Å². The highest BCUT2D eigenvalue weighted by Gasteiger charge is 2.24. The molecule has 5 heterocycles. The van der Waals surface area contributed by atoms with Gasteiger partial charge < -0.3 is 0 Å². The van der Waals surface area contributed by atoms with Crippen molar-refractivity contribution < 1.29 is 0 Å². The lowest BCUT2D eigenvalue weighted by Crippen LogP contribution is -2.32. The van der Waals surface area contributed by atoms with Crippen molar-refractivity contribution >= 4 is 17.0 Å². The number of aromatic amines is 1. The van der Waals surface area contributed by atoms with Crippen molar-refractivity contribution in [2.24, 2.45) is 0 Å². The largest absolute Gasteiger partial charge is 0.299 e. The van der Waals surface area contributed by atoms with E-state index in [9.17, 15) is 0 Å². The van der Waals surface area contributed by atoms with Crippen LogP contribution in [0.2, 0.25) is 0 Å². The van der Waals surface area contributed by atoms with Crippen LogP contribution in [0.4, 0.5) is 0 Å². The average molecular weight is 532 g/mol. The van der Waals surface area contributed by atoms with Crippen LogP contribution in [0.15, 0.2) is 84.2 Å². The zero-order valence-electron chi connectivity index (χ0n) is 21.8. The summed E-state index contributed by atoms with van der Waals surface area (Å²) in [4.78, 5) is 13.4. The van der Waals surface area contributed by atoms with E-state index in [0.29, 0.717) is 5.92 Å². The number of H-pyrrole nitrogens is 1. The van der Waals surface area contributed by atoms with Gasteiger partial charge in [0.15, 0.2) is 11.5 Å². The third-order valence-electron chi connectivity index (χ3n) is 7.51. The summed E-state index contributed by atoms with van der Waals surface area (Å²) in [6.45, 7) is 5.06. The number of hydrogen-bond donors (Lipinski definition) is 1. The van der Waals surface area contributed by atoms with Gasteiger partial charge in [0.05, 0.1) is 16.3 Å². The third-order valence-corrected chi connectivity index (χ3v) is 8.38. The molecule has 0 spiro atoms. The smallest absolute Gasteiger partial charge is 0.191 e. The van der Waals surface area contributed by atoms with Gasteiger partial charge in [-0.3, -0.25) is 10.00 Å². The number of benzene rings is 2. The van der Waals surface area contributed by atoms with Crippen molar-refractivity contribution in [1.82, 2.24) is 34.7 Å². The number of thiophene rings is 1. The predicted molar refractivity (Wildman–Crippen MR) is 156 cm³/mol. The standard InChI is InChI=1S/C31H29N7S/c1-21-9-14-27-32-28(29(38(27)36-21)24-6-3-2-4-7-24)23-12-10-22(11-13-23)20-37-17-15-25(16-18-37)30-33-31(35-34-30)26-8-5-19-39-26/h2-14,19,25H,15-18,20H2,1H3,(H,33,34,35). The van der Waals surface area contributed by atoms with Crippen molar-refractivity contribution in [1.29, 1.82) is 0 Å². The molecular weight excluding hydrogens is 502 g/mol. The van der Waals surface area contributed by atoms with Crippen LogP contribution >= 0.6 is 11.3 Å². The molecule has 1 saturated heterocycles. The number of fused-ring (bicyclic) bond motifs is 1. The van der Waals surface area contributed by atoms with Gasteiger partial charge in [0.1, 0.15) is 11.5 Å². The molecule has 0 saturated carbocycles. The molecule has 39 heavy (non-hydrogen) atoms. The van der Waals surface area contributed by atoms with Crippen molar-refractivity contribution in [3.8, 4) is 33.2 Å². The Morgan fingerprint density at radius 2 is 1.69 bits per heavy atom. The number of aryl methyl sites for hydroxylation is 1. The second kappa shape index (κ2) is 10.2. The second-order valence-electron chi connectivity index (χ2n) is 10.2. The molecule has 194 valence electrons. The molecule has 0 bridgehead atoms. The van der Waals surface area contributed by atoms with E-state index in [0.717, 1.165) is 82.9 Å². The lowest BCUT2D eigenvalue weighted by atomic mass is 9.95. The van der Waals surface area contributed by atoms with Gasteiger partial charge >= 0.3 is 0 Å². The summed E-state index contributed by atoms with van der Waals surface area (Å²) in [5.41, 5.74) is 7.34. The summed E-state index contributed by atoms with van der Waals surface area (Å²) in [5.74, 6) is 2.27. The van der Waals surface area contributed by atoms with Crippen LogP contribution in [0.25, 0.3) is 38.9 Å². The van der Waals surface area contributed by atoms with Gasteiger partial charge in [0, 0.05) is 23.6 Å². The molecule has 2 aromatic carbocycles. The van der Waals surface area contributed by atoms with Crippen LogP contribution in [-0.2, 0) is 6.54 Å². The SMILES string of the molecule is Cc1ccc2nc(-c3ccc(CN4CCC(c5nc(-c6cccs6)n[nH]5)CC4)cc3)c(-c3ccccc3)n2n1. The highest BCUT2D eigenvalue weighted by atomic mass is 32.1. The fraction of sp³-hybridized carbons (Fsp3) is 0.226. The quantitative estimate of drug-likeness (QED) is 0.262. The summed E-state index contributed by atoms with van der Waals surface area (Å²) < 4.78 is 1.97. The van der Waals surface area contributed by atoms with Crippen LogP contribution in [-0.4, -0.2) is 47.8 Å². The number of hydrogen-bond acceptors (Lipinski definition) is 6. The van der Waals surface area contributed by atoms with Gasteiger partial charge in [0.2, 0.25) is 0 Å². The van der Waals surface area contributed by atoms with Crippen LogP contribution in [0.1, 0.15) is 35.8 Å². The van der Waals surface area contributed by atoms with Crippen molar-refractivity contribution in [3.05, 3.63) is 101 Å². The first-order valence-electron chi connectivity index (χ1n) is 13.4. The molecular formula is C31H29N7S. The monoisotopic (exact) mass is 531 g/mol. The minimum atomic E-state index is 0.438. The summed E-state index contributed by atoms with van der Waals surface area (Å²) in [7, 11) is 0. The number of piperidine rings is 1. The van der Waals surface area contributed by atoms with E-state index in [4.69, 9.17) is 15.1 Å². The Morgan fingerprint density at radius 3 is 2.46 bits per heavy atom. The first kappa shape index (κ1) is 23.9. The molecule has 7 rings (SSSR count). The Labute approximate surface area is 231 Å². The zero-order chi connectivity index (χ0) is 26.2. The minimum Gasteiger partial charge on any atom is -0.299 e. The fourth-order valence-electron chi connectivity index (χ4n) is 5.44. The third kappa shape index (κ3) is 4.77. The van der Waals surface area contributed by atoms with Gasteiger partial charge in [-0.05, 0) is 62.0 Å². The van der Waals surface area contributed by atoms with Crippen LogP contribution in [0.5, 0.6) is 0 Å². The molecule has 0 radical (unpaired) electrons. The maximum atomic E-state index is 4.98. The predicted octanol–water partition coefficient (Wildman–Crippen LogP) is 6.60. The molecule has 1 fully saturated rings. The molecule has 1 N–H and O–H groups in total. The maximum absolute atomic E-state index is 4.98. The highest BCUT2D eigenvalue weighted by Crippen LogP contribution is 2.33. The first-order valence-corrected chi connectivity index (χ1v) is 14.3. The van der Waals surface area contributed by atoms with E-state index in [1.807, 2.05) is 35.7 Å². The average Bonchev–Trinajstić information content (AvgIpc) is 3.74. The van der Waals surface area contributed by atoms with E-state index >= 15 is 0 Å². The van der Waals surface area contributed by atoms with Crippen molar-refractivity contribution in [3.63, 3.8) is 0 Å². The second-order valence-corrected chi connectivity index (χ2v) is 11.1. The molecule has 6 aromatic rings. The molecule has 4 aromatic heterocycles. The number of likely N-dealkylation sites (tertiary alicyclic amines) is 1. The molecule has 1 aliphatic heterocycles. The molecule has 7 nitrogen and oxygen atoms in total. The van der Waals surface area contributed by atoms with E-state index in [2.05, 4.69) is 75.1 Å². The number of aromatic nitrogens is 6. The number of imidazole rings is 1. The number of rotatable bonds is 6. The van der Waals surface area contributed by atoms with Crippen LogP contribution in [0.3, 0.4) is 0 Å². The Balaban J connectivity index is 1.06. The Kier molecular flexibility index (Phi) is 6.26. The lowest BCUT2D eigenvalue weighted by Gasteiger charge is -2.30. The van der Waals surface area contributed by atoms with Crippen molar-refractivity contribution in [2.75, 3.05) is 13.1 Å². The number of nitrogens with one attached hydrogen (secondary N) is 1. The molecule has 0 amide bonds. The Morgan fingerprint density at radius 1 is 0.872 bits per heavy atom. The normalized spacial score (nSPS) is 14.8. The molecule has 0 unspecified atom stereocenters. The van der Waals surface area contributed by atoms with Gasteiger partial charge in [-0.1, -0.05) is 60.7 Å². The summed E-state index contributed by atoms with van der Waals surface area (Å²) in [6.07, 6.45) is 2.18. The lowest BCUT2D eigenvalue weighted by molar-refractivity contribution is 0.202. The van der Waals surface area contributed by atoms with Gasteiger partial charge in [-0.25, -0.2) is 14.5 Å². The molecule has 8 heteroatoms.